The van der Waals surface area contributed by atoms with Gasteiger partial charge in [0.25, 0.3) is 5.91 Å². The molecule has 1 saturated heterocycles. The molecule has 1 aliphatic heterocycles. The first-order valence-electron chi connectivity index (χ1n) is 5.64. The number of anilines is 2. The van der Waals surface area contributed by atoms with Gasteiger partial charge in [-0.3, -0.25) is 4.79 Å². The van der Waals surface area contributed by atoms with Crippen molar-refractivity contribution in [3.63, 3.8) is 0 Å². The predicted octanol–water partition coefficient (Wildman–Crippen LogP) is 0.593. The number of nitrogen functional groups attached to an aromatic ring is 1. The van der Waals surface area contributed by atoms with Crippen molar-refractivity contribution in [2.45, 2.75) is 13.0 Å². The van der Waals surface area contributed by atoms with Crippen molar-refractivity contribution < 1.29 is 9.53 Å². The minimum absolute atomic E-state index is 0.193. The number of amides is 1. The molecule has 92 valence electrons. The molecule has 1 aromatic carbocycles. The predicted molar refractivity (Wildman–Crippen MR) is 67.0 cm³/mol. The third kappa shape index (κ3) is 2.50. The van der Waals surface area contributed by atoms with Crippen molar-refractivity contribution in [2.24, 2.45) is 5.73 Å². The van der Waals surface area contributed by atoms with Crippen LogP contribution in [0.3, 0.4) is 0 Å². The number of carbonyl (C=O) groups is 1. The first kappa shape index (κ1) is 11.7. The third-order valence-corrected chi connectivity index (χ3v) is 2.91. The maximum absolute atomic E-state index is 11.2. The molecule has 1 atom stereocenters. The Balaban J connectivity index is 2.26. The molecule has 1 unspecified atom stereocenters. The van der Waals surface area contributed by atoms with Gasteiger partial charge in [-0.25, -0.2) is 0 Å². The van der Waals surface area contributed by atoms with Crippen LogP contribution in [-0.2, 0) is 4.74 Å². The zero-order valence-electron chi connectivity index (χ0n) is 9.85. The summed E-state index contributed by atoms with van der Waals surface area (Å²) < 4.78 is 5.47. The third-order valence-electron chi connectivity index (χ3n) is 2.91. The van der Waals surface area contributed by atoms with Crippen molar-refractivity contribution in [1.29, 1.82) is 0 Å². The van der Waals surface area contributed by atoms with Crippen molar-refractivity contribution in [3.05, 3.63) is 23.8 Å². The number of ether oxygens (including phenoxy) is 1. The molecule has 1 aliphatic rings. The molecular formula is C12H17N3O2. The van der Waals surface area contributed by atoms with Crippen LogP contribution in [0.5, 0.6) is 0 Å². The Hall–Kier alpha value is -1.75. The lowest BCUT2D eigenvalue weighted by Gasteiger charge is -2.33. The standard InChI is InChI=1S/C12H17N3O2/c1-8-7-15(4-5-17-8)9-2-3-11(13)10(6-9)12(14)16/h2-3,6,8H,4-5,7,13H2,1H3,(H2,14,16). The van der Waals surface area contributed by atoms with Crippen LogP contribution in [-0.4, -0.2) is 31.7 Å². The SMILES string of the molecule is CC1CN(c2ccc(N)c(C(N)=O)c2)CCO1. The maximum atomic E-state index is 11.2. The van der Waals surface area contributed by atoms with Crippen molar-refractivity contribution in [3.8, 4) is 0 Å². The minimum atomic E-state index is -0.495. The molecule has 0 bridgehead atoms. The zero-order valence-corrected chi connectivity index (χ0v) is 9.85. The molecule has 1 heterocycles. The number of nitrogens with zero attached hydrogens (tertiary/aromatic N) is 1. The maximum Gasteiger partial charge on any atom is 0.250 e. The average Bonchev–Trinajstić information content (AvgIpc) is 2.29. The molecule has 2 rings (SSSR count). The van der Waals surface area contributed by atoms with Gasteiger partial charge < -0.3 is 21.1 Å². The van der Waals surface area contributed by atoms with E-state index < -0.39 is 5.91 Å². The summed E-state index contributed by atoms with van der Waals surface area (Å²) in [7, 11) is 0. The van der Waals surface area contributed by atoms with Gasteiger partial charge in [-0.15, -0.1) is 0 Å². The fourth-order valence-electron chi connectivity index (χ4n) is 2.01. The van der Waals surface area contributed by atoms with E-state index in [9.17, 15) is 4.79 Å². The Labute approximate surface area is 100 Å². The summed E-state index contributed by atoms with van der Waals surface area (Å²) in [6, 6.07) is 5.37. The summed E-state index contributed by atoms with van der Waals surface area (Å²) in [5, 5.41) is 0. The molecule has 0 radical (unpaired) electrons. The average molecular weight is 235 g/mol. The Morgan fingerprint density at radius 1 is 1.53 bits per heavy atom. The Morgan fingerprint density at radius 2 is 2.29 bits per heavy atom. The molecule has 1 fully saturated rings. The minimum Gasteiger partial charge on any atom is -0.398 e. The van der Waals surface area contributed by atoms with E-state index in [0.717, 1.165) is 18.8 Å². The summed E-state index contributed by atoms with van der Waals surface area (Å²) in [6.07, 6.45) is 0.193. The fourth-order valence-corrected chi connectivity index (χ4v) is 2.01. The highest BCUT2D eigenvalue weighted by Crippen LogP contribution is 2.22. The van der Waals surface area contributed by atoms with E-state index in [4.69, 9.17) is 16.2 Å². The zero-order chi connectivity index (χ0) is 12.4. The van der Waals surface area contributed by atoms with E-state index in [1.54, 1.807) is 12.1 Å². The molecule has 0 spiro atoms. The largest absolute Gasteiger partial charge is 0.398 e. The highest BCUT2D eigenvalue weighted by atomic mass is 16.5. The fraction of sp³-hybridized carbons (Fsp3) is 0.417. The van der Waals surface area contributed by atoms with Crippen LogP contribution >= 0.6 is 0 Å². The number of hydrogen-bond acceptors (Lipinski definition) is 4. The van der Waals surface area contributed by atoms with E-state index in [1.165, 1.54) is 0 Å². The summed E-state index contributed by atoms with van der Waals surface area (Å²) >= 11 is 0. The quantitative estimate of drug-likeness (QED) is 0.735. The van der Waals surface area contributed by atoms with E-state index in [-0.39, 0.29) is 6.10 Å². The topological polar surface area (TPSA) is 81.6 Å². The summed E-state index contributed by atoms with van der Waals surface area (Å²) in [6.45, 7) is 4.34. The van der Waals surface area contributed by atoms with Crippen molar-refractivity contribution >= 4 is 17.3 Å². The number of hydrogen-bond donors (Lipinski definition) is 2. The second-order valence-electron chi connectivity index (χ2n) is 4.26. The van der Waals surface area contributed by atoms with Crippen molar-refractivity contribution in [1.82, 2.24) is 0 Å². The van der Waals surface area contributed by atoms with Crippen LogP contribution in [0.25, 0.3) is 0 Å². The van der Waals surface area contributed by atoms with Gasteiger partial charge in [0.1, 0.15) is 0 Å². The van der Waals surface area contributed by atoms with E-state index in [1.807, 2.05) is 13.0 Å². The van der Waals surface area contributed by atoms with Gasteiger partial charge in [-0.2, -0.15) is 0 Å². The van der Waals surface area contributed by atoms with Gasteiger partial charge in [-0.05, 0) is 25.1 Å². The van der Waals surface area contributed by atoms with Gasteiger partial charge in [0, 0.05) is 24.5 Å². The second-order valence-corrected chi connectivity index (χ2v) is 4.26. The van der Waals surface area contributed by atoms with E-state index >= 15 is 0 Å². The molecule has 0 saturated carbocycles. The molecule has 1 amide bonds. The van der Waals surface area contributed by atoms with Crippen LogP contribution in [0.4, 0.5) is 11.4 Å². The monoisotopic (exact) mass is 235 g/mol. The van der Waals surface area contributed by atoms with Gasteiger partial charge in [0.15, 0.2) is 0 Å². The summed E-state index contributed by atoms with van der Waals surface area (Å²) in [5.41, 5.74) is 12.7. The summed E-state index contributed by atoms with van der Waals surface area (Å²) in [4.78, 5) is 13.4. The smallest absolute Gasteiger partial charge is 0.250 e. The molecule has 0 aliphatic carbocycles. The van der Waals surface area contributed by atoms with E-state index in [2.05, 4.69) is 4.90 Å². The highest BCUT2D eigenvalue weighted by molar-refractivity contribution is 5.99. The first-order valence-corrected chi connectivity index (χ1v) is 5.64. The summed E-state index contributed by atoms with van der Waals surface area (Å²) in [5.74, 6) is -0.495. The number of benzene rings is 1. The van der Waals surface area contributed by atoms with Gasteiger partial charge in [-0.1, -0.05) is 0 Å². The van der Waals surface area contributed by atoms with Gasteiger partial charge in [0.2, 0.25) is 0 Å². The molecule has 4 N–H and O–H groups in total. The van der Waals surface area contributed by atoms with Crippen LogP contribution in [0.1, 0.15) is 17.3 Å². The molecule has 17 heavy (non-hydrogen) atoms. The first-order chi connectivity index (χ1) is 8.08. The van der Waals surface area contributed by atoms with Crippen LogP contribution in [0.2, 0.25) is 0 Å². The van der Waals surface area contributed by atoms with Crippen molar-refractivity contribution in [2.75, 3.05) is 30.3 Å². The molecule has 1 aromatic rings. The number of nitrogens with two attached hydrogens (primary N) is 2. The Kier molecular flexibility index (Phi) is 3.19. The van der Waals surface area contributed by atoms with Crippen LogP contribution in [0, 0.1) is 0 Å². The molecule has 0 aromatic heterocycles. The Bertz CT molecular complexity index is 434. The lowest BCUT2D eigenvalue weighted by molar-refractivity contribution is 0.0532. The van der Waals surface area contributed by atoms with E-state index in [0.29, 0.717) is 17.9 Å². The highest BCUT2D eigenvalue weighted by Gasteiger charge is 2.18. The van der Waals surface area contributed by atoms with Crippen LogP contribution < -0.4 is 16.4 Å². The second kappa shape index (κ2) is 4.63. The molecule has 5 heteroatoms. The van der Waals surface area contributed by atoms with Gasteiger partial charge in [0.05, 0.1) is 18.3 Å². The lowest BCUT2D eigenvalue weighted by Crippen LogP contribution is -2.41. The Morgan fingerprint density at radius 3 is 2.94 bits per heavy atom. The number of rotatable bonds is 2. The molecular weight excluding hydrogens is 218 g/mol. The number of morpholine rings is 1. The van der Waals surface area contributed by atoms with Gasteiger partial charge >= 0.3 is 0 Å². The number of carbonyl (C=O) groups excluding carboxylic acids is 1. The number of primary amides is 1. The normalized spacial score (nSPS) is 20.3. The van der Waals surface area contributed by atoms with Crippen LogP contribution in [0.15, 0.2) is 18.2 Å². The molecule has 5 nitrogen and oxygen atoms in total. The lowest BCUT2D eigenvalue weighted by atomic mass is 10.1.